The van der Waals surface area contributed by atoms with Crippen LogP contribution in [0.3, 0.4) is 0 Å². The van der Waals surface area contributed by atoms with Gasteiger partial charge in [0.2, 0.25) is 0 Å². The van der Waals surface area contributed by atoms with Gasteiger partial charge in [-0.15, -0.1) is 0 Å². The van der Waals surface area contributed by atoms with Crippen LogP contribution in [0.5, 0.6) is 0 Å². The number of amides is 1. The Kier molecular flexibility index (Phi) is 3.60. The first-order valence-electron chi connectivity index (χ1n) is 4.55. The van der Waals surface area contributed by atoms with Crippen molar-refractivity contribution in [2.45, 2.75) is 30.9 Å². The molecule has 0 spiro atoms. The van der Waals surface area contributed by atoms with Crippen molar-refractivity contribution in [3.63, 3.8) is 0 Å². The number of carbonyl (C=O) groups is 2. The highest BCUT2D eigenvalue weighted by Crippen LogP contribution is 2.29. The van der Waals surface area contributed by atoms with E-state index in [1.165, 1.54) is 0 Å². The number of alkyl halides is 4. The Morgan fingerprint density at radius 3 is 2.29 bits per heavy atom. The smallest absolute Gasteiger partial charge is 0.383 e. The number of halogens is 4. The highest BCUT2D eigenvalue weighted by Gasteiger charge is 2.55. The predicted molar refractivity (Wildman–Crippen MR) is 44.7 cm³/mol. The molecule has 1 heterocycles. The SMILES string of the molecule is O=C(O)[C@@H]1C[C@@H](O)CN1C(=O)C(F)(F)C(F)F. The number of likely N-dealkylation sites (tertiary alicyclic amines) is 1. The van der Waals surface area contributed by atoms with Gasteiger partial charge in [0.15, 0.2) is 0 Å². The van der Waals surface area contributed by atoms with E-state index in [-0.39, 0.29) is 4.90 Å². The van der Waals surface area contributed by atoms with Crippen LogP contribution >= 0.6 is 0 Å². The number of aliphatic hydroxyl groups excluding tert-OH is 1. The van der Waals surface area contributed by atoms with Crippen LogP contribution in [0.25, 0.3) is 0 Å². The number of hydrogen-bond acceptors (Lipinski definition) is 3. The molecular formula is C8H9F4NO4. The Hall–Kier alpha value is -1.38. The molecule has 0 aromatic rings. The Labute approximate surface area is 92.6 Å². The zero-order valence-corrected chi connectivity index (χ0v) is 8.32. The lowest BCUT2D eigenvalue weighted by atomic mass is 10.2. The number of rotatable bonds is 3. The van der Waals surface area contributed by atoms with Crippen LogP contribution in [0.4, 0.5) is 17.6 Å². The first-order chi connectivity index (χ1) is 7.67. The van der Waals surface area contributed by atoms with Gasteiger partial charge in [0, 0.05) is 13.0 Å². The lowest BCUT2D eigenvalue weighted by Gasteiger charge is -2.25. The van der Waals surface area contributed by atoms with Gasteiger partial charge in [0.1, 0.15) is 6.04 Å². The van der Waals surface area contributed by atoms with E-state index in [9.17, 15) is 27.2 Å². The lowest BCUT2D eigenvalue weighted by Crippen LogP contribution is -2.51. The topological polar surface area (TPSA) is 77.8 Å². The van der Waals surface area contributed by atoms with E-state index in [0.717, 1.165) is 0 Å². The van der Waals surface area contributed by atoms with Crippen LogP contribution in [0.2, 0.25) is 0 Å². The second kappa shape index (κ2) is 4.47. The van der Waals surface area contributed by atoms with Crippen LogP contribution in [0.1, 0.15) is 6.42 Å². The fraction of sp³-hybridized carbons (Fsp3) is 0.750. The van der Waals surface area contributed by atoms with Crippen LogP contribution in [0, 0.1) is 0 Å². The third-order valence-corrected chi connectivity index (χ3v) is 2.38. The van der Waals surface area contributed by atoms with E-state index >= 15 is 0 Å². The largest absolute Gasteiger partial charge is 0.480 e. The van der Waals surface area contributed by atoms with Gasteiger partial charge in [-0.2, -0.15) is 8.78 Å². The van der Waals surface area contributed by atoms with Crippen molar-refractivity contribution >= 4 is 11.9 Å². The summed E-state index contributed by atoms with van der Waals surface area (Å²) in [6.07, 6.45) is -5.99. The van der Waals surface area contributed by atoms with Crippen molar-refractivity contribution in [3.05, 3.63) is 0 Å². The van der Waals surface area contributed by atoms with Crippen LogP contribution in [0.15, 0.2) is 0 Å². The molecule has 17 heavy (non-hydrogen) atoms. The summed E-state index contributed by atoms with van der Waals surface area (Å²) >= 11 is 0. The van der Waals surface area contributed by atoms with Crippen LogP contribution < -0.4 is 0 Å². The lowest BCUT2D eigenvalue weighted by molar-refractivity contribution is -0.183. The number of aliphatic hydroxyl groups is 1. The molecule has 1 amide bonds. The Morgan fingerprint density at radius 1 is 1.35 bits per heavy atom. The summed E-state index contributed by atoms with van der Waals surface area (Å²) < 4.78 is 49.3. The van der Waals surface area contributed by atoms with Crippen molar-refractivity contribution in [1.29, 1.82) is 0 Å². The van der Waals surface area contributed by atoms with Crippen molar-refractivity contribution in [2.75, 3.05) is 6.54 Å². The summed E-state index contributed by atoms with van der Waals surface area (Å²) in [5.41, 5.74) is 0. The second-order valence-electron chi connectivity index (χ2n) is 3.62. The van der Waals surface area contributed by atoms with Crippen molar-refractivity contribution < 1.29 is 37.4 Å². The molecule has 0 radical (unpaired) electrons. The van der Waals surface area contributed by atoms with Gasteiger partial charge in [-0.3, -0.25) is 4.79 Å². The van der Waals surface area contributed by atoms with E-state index in [1.54, 1.807) is 0 Å². The minimum absolute atomic E-state index is 0.0686. The van der Waals surface area contributed by atoms with Gasteiger partial charge in [0.05, 0.1) is 6.10 Å². The molecule has 0 aliphatic carbocycles. The molecule has 1 fully saturated rings. The maximum absolute atomic E-state index is 12.7. The predicted octanol–water partition coefficient (Wildman–Crippen LogP) is -0.0668. The number of β-amino-alcohol motifs (C(OH)–C–C–N with tert-alkyl or cyclic N) is 1. The summed E-state index contributed by atoms with van der Waals surface area (Å²) in [5.74, 6) is -8.85. The van der Waals surface area contributed by atoms with E-state index in [0.29, 0.717) is 0 Å². The standard InChI is InChI=1S/C8H9F4NO4/c9-6(10)8(11,12)7(17)13-2-3(14)1-4(13)5(15)16/h3-4,6,14H,1-2H2,(H,15,16)/t3-,4+/m1/s1. The Bertz CT molecular complexity index is 335. The molecule has 0 bridgehead atoms. The van der Waals surface area contributed by atoms with E-state index in [1.807, 2.05) is 0 Å². The summed E-state index contributed by atoms with van der Waals surface area (Å²) in [4.78, 5) is 21.8. The highest BCUT2D eigenvalue weighted by molar-refractivity contribution is 5.89. The van der Waals surface area contributed by atoms with E-state index in [2.05, 4.69) is 0 Å². The number of nitrogens with zero attached hydrogens (tertiary/aromatic N) is 1. The van der Waals surface area contributed by atoms with E-state index in [4.69, 9.17) is 10.2 Å². The van der Waals surface area contributed by atoms with Crippen LogP contribution in [-0.4, -0.2) is 58.0 Å². The molecule has 98 valence electrons. The highest BCUT2D eigenvalue weighted by atomic mass is 19.3. The molecule has 1 aliphatic heterocycles. The number of aliphatic carboxylic acids is 1. The van der Waals surface area contributed by atoms with Gasteiger partial charge in [0.25, 0.3) is 5.91 Å². The number of carboxylic acids is 1. The first-order valence-corrected chi connectivity index (χ1v) is 4.55. The van der Waals surface area contributed by atoms with Gasteiger partial charge < -0.3 is 15.1 Å². The Morgan fingerprint density at radius 2 is 1.88 bits per heavy atom. The molecule has 2 atom stereocenters. The zero-order valence-electron chi connectivity index (χ0n) is 8.32. The number of carbonyl (C=O) groups excluding carboxylic acids is 1. The van der Waals surface area contributed by atoms with Gasteiger partial charge in [-0.05, 0) is 0 Å². The van der Waals surface area contributed by atoms with E-state index < -0.39 is 49.3 Å². The molecule has 0 unspecified atom stereocenters. The van der Waals surface area contributed by atoms with Gasteiger partial charge in [-0.1, -0.05) is 0 Å². The van der Waals surface area contributed by atoms with Gasteiger partial charge >= 0.3 is 18.3 Å². The number of hydrogen-bond donors (Lipinski definition) is 2. The average Bonchev–Trinajstić information content (AvgIpc) is 2.58. The fourth-order valence-electron chi connectivity index (χ4n) is 1.56. The summed E-state index contributed by atoms with van der Waals surface area (Å²) in [5, 5.41) is 17.7. The Balaban J connectivity index is 2.92. The molecular weight excluding hydrogens is 250 g/mol. The monoisotopic (exact) mass is 259 g/mol. The average molecular weight is 259 g/mol. The van der Waals surface area contributed by atoms with Crippen molar-refractivity contribution in [1.82, 2.24) is 4.90 Å². The minimum Gasteiger partial charge on any atom is -0.480 e. The molecule has 1 aliphatic rings. The third-order valence-electron chi connectivity index (χ3n) is 2.38. The zero-order chi connectivity index (χ0) is 13.4. The molecule has 1 saturated heterocycles. The van der Waals surface area contributed by atoms with Crippen molar-refractivity contribution in [3.8, 4) is 0 Å². The number of carboxylic acid groups (broad SMARTS) is 1. The maximum Gasteiger partial charge on any atom is 0.383 e. The molecule has 1 rings (SSSR count). The summed E-state index contributed by atoms with van der Waals surface area (Å²) in [6.45, 7) is -0.696. The first kappa shape index (κ1) is 13.7. The maximum atomic E-state index is 12.7. The third kappa shape index (κ3) is 2.48. The van der Waals surface area contributed by atoms with Crippen LogP contribution in [-0.2, 0) is 9.59 Å². The summed E-state index contributed by atoms with van der Waals surface area (Å²) in [7, 11) is 0. The molecule has 0 aromatic carbocycles. The molecule has 5 nitrogen and oxygen atoms in total. The molecule has 0 aromatic heterocycles. The molecule has 9 heteroatoms. The fourth-order valence-corrected chi connectivity index (χ4v) is 1.56. The van der Waals surface area contributed by atoms with Crippen molar-refractivity contribution in [2.24, 2.45) is 0 Å². The normalized spacial score (nSPS) is 25.4. The second-order valence-corrected chi connectivity index (χ2v) is 3.62. The quantitative estimate of drug-likeness (QED) is 0.696. The van der Waals surface area contributed by atoms with Gasteiger partial charge in [-0.25, -0.2) is 13.6 Å². The summed E-state index contributed by atoms with van der Waals surface area (Å²) in [6, 6.07) is -1.71. The molecule has 0 saturated carbocycles. The molecule has 2 N–H and O–H groups in total. The minimum atomic E-state index is -4.95.